The quantitative estimate of drug-likeness (QED) is 0.599. The SMILES string of the molecule is CCCCCCOC1OCCCO1. The fraction of sp³-hybridized carbons (Fsp3) is 1.00. The summed E-state index contributed by atoms with van der Waals surface area (Å²) in [6, 6.07) is 0. The van der Waals surface area contributed by atoms with Crippen LogP contribution in [0.3, 0.4) is 0 Å². The first-order chi connectivity index (χ1) is 6.43. The van der Waals surface area contributed by atoms with Crippen LogP contribution in [0.4, 0.5) is 0 Å². The third-order valence-corrected chi connectivity index (χ3v) is 2.05. The molecule has 0 aromatic heterocycles. The molecule has 0 aromatic carbocycles. The van der Waals surface area contributed by atoms with Gasteiger partial charge in [0.15, 0.2) is 0 Å². The molecule has 0 unspecified atom stereocenters. The zero-order valence-corrected chi connectivity index (χ0v) is 8.46. The van der Waals surface area contributed by atoms with Crippen LogP contribution in [0.15, 0.2) is 0 Å². The minimum atomic E-state index is -0.393. The van der Waals surface area contributed by atoms with Gasteiger partial charge in [-0.3, -0.25) is 0 Å². The Morgan fingerprint density at radius 2 is 1.92 bits per heavy atom. The van der Waals surface area contributed by atoms with Crippen molar-refractivity contribution in [2.24, 2.45) is 0 Å². The van der Waals surface area contributed by atoms with E-state index >= 15 is 0 Å². The van der Waals surface area contributed by atoms with Crippen molar-refractivity contribution in [1.82, 2.24) is 0 Å². The fourth-order valence-electron chi connectivity index (χ4n) is 1.27. The number of rotatable bonds is 6. The molecule has 0 bridgehead atoms. The van der Waals surface area contributed by atoms with Crippen LogP contribution in [0.1, 0.15) is 39.0 Å². The average molecular weight is 188 g/mol. The van der Waals surface area contributed by atoms with Gasteiger partial charge in [0, 0.05) is 0 Å². The van der Waals surface area contributed by atoms with E-state index in [4.69, 9.17) is 14.2 Å². The molecule has 1 saturated heterocycles. The van der Waals surface area contributed by atoms with Crippen LogP contribution in [-0.2, 0) is 14.2 Å². The topological polar surface area (TPSA) is 27.7 Å². The van der Waals surface area contributed by atoms with Gasteiger partial charge < -0.3 is 14.2 Å². The second-order valence-corrected chi connectivity index (χ2v) is 3.32. The van der Waals surface area contributed by atoms with Gasteiger partial charge >= 0.3 is 0 Å². The van der Waals surface area contributed by atoms with Crippen molar-refractivity contribution in [2.75, 3.05) is 19.8 Å². The van der Waals surface area contributed by atoms with Crippen molar-refractivity contribution in [2.45, 2.75) is 45.5 Å². The van der Waals surface area contributed by atoms with E-state index in [0.717, 1.165) is 32.7 Å². The number of unbranched alkanes of at least 4 members (excludes halogenated alkanes) is 3. The normalized spacial score (nSPS) is 19.2. The number of hydrogen-bond donors (Lipinski definition) is 0. The molecule has 3 heteroatoms. The van der Waals surface area contributed by atoms with E-state index in [-0.39, 0.29) is 0 Å². The molecule has 1 aliphatic heterocycles. The van der Waals surface area contributed by atoms with E-state index in [0.29, 0.717) is 0 Å². The van der Waals surface area contributed by atoms with Crippen molar-refractivity contribution in [1.29, 1.82) is 0 Å². The van der Waals surface area contributed by atoms with E-state index in [1.807, 2.05) is 0 Å². The Bertz CT molecular complexity index is 111. The molecule has 0 radical (unpaired) electrons. The first kappa shape index (κ1) is 11.0. The predicted molar refractivity (Wildman–Crippen MR) is 50.4 cm³/mol. The van der Waals surface area contributed by atoms with Crippen LogP contribution in [0.2, 0.25) is 0 Å². The Morgan fingerprint density at radius 3 is 2.62 bits per heavy atom. The van der Waals surface area contributed by atoms with Crippen LogP contribution in [0, 0.1) is 0 Å². The van der Waals surface area contributed by atoms with E-state index < -0.39 is 6.48 Å². The summed E-state index contributed by atoms with van der Waals surface area (Å²) in [6.07, 6.45) is 5.88. The van der Waals surface area contributed by atoms with Gasteiger partial charge in [-0.1, -0.05) is 26.2 Å². The summed E-state index contributed by atoms with van der Waals surface area (Å²) in [4.78, 5) is 0. The molecule has 0 aromatic rings. The molecular formula is C10H20O3. The minimum Gasteiger partial charge on any atom is -0.330 e. The average Bonchev–Trinajstić information content (AvgIpc) is 2.19. The first-order valence-electron chi connectivity index (χ1n) is 5.28. The summed E-state index contributed by atoms with van der Waals surface area (Å²) in [7, 11) is 0. The van der Waals surface area contributed by atoms with Crippen molar-refractivity contribution >= 4 is 0 Å². The molecule has 1 fully saturated rings. The van der Waals surface area contributed by atoms with Crippen LogP contribution in [-0.4, -0.2) is 26.3 Å². The summed E-state index contributed by atoms with van der Waals surface area (Å²) >= 11 is 0. The van der Waals surface area contributed by atoms with E-state index in [1.54, 1.807) is 0 Å². The molecule has 1 rings (SSSR count). The lowest BCUT2D eigenvalue weighted by molar-refractivity contribution is -0.310. The monoisotopic (exact) mass is 188 g/mol. The fourth-order valence-corrected chi connectivity index (χ4v) is 1.27. The third-order valence-electron chi connectivity index (χ3n) is 2.05. The van der Waals surface area contributed by atoms with Gasteiger partial charge in [0.1, 0.15) is 0 Å². The Hall–Kier alpha value is -0.120. The highest BCUT2D eigenvalue weighted by Gasteiger charge is 2.13. The van der Waals surface area contributed by atoms with Gasteiger partial charge in [-0.15, -0.1) is 0 Å². The summed E-state index contributed by atoms with van der Waals surface area (Å²) in [5, 5.41) is 0. The maximum absolute atomic E-state index is 5.39. The second-order valence-electron chi connectivity index (χ2n) is 3.32. The lowest BCUT2D eigenvalue weighted by Crippen LogP contribution is -2.27. The zero-order chi connectivity index (χ0) is 9.36. The molecule has 0 aliphatic carbocycles. The smallest absolute Gasteiger partial charge is 0.271 e. The van der Waals surface area contributed by atoms with Crippen LogP contribution < -0.4 is 0 Å². The third kappa shape index (κ3) is 5.24. The van der Waals surface area contributed by atoms with Crippen molar-refractivity contribution < 1.29 is 14.2 Å². The van der Waals surface area contributed by atoms with E-state index in [1.165, 1.54) is 19.3 Å². The molecule has 78 valence electrons. The van der Waals surface area contributed by atoms with Gasteiger partial charge in [-0.25, -0.2) is 0 Å². The van der Waals surface area contributed by atoms with Crippen LogP contribution >= 0.6 is 0 Å². The molecule has 3 nitrogen and oxygen atoms in total. The van der Waals surface area contributed by atoms with Gasteiger partial charge in [0.05, 0.1) is 19.8 Å². The van der Waals surface area contributed by atoms with E-state index in [9.17, 15) is 0 Å². The van der Waals surface area contributed by atoms with Crippen LogP contribution in [0.5, 0.6) is 0 Å². The highest BCUT2D eigenvalue weighted by molar-refractivity contribution is 4.43. The summed E-state index contributed by atoms with van der Waals surface area (Å²) in [5.41, 5.74) is 0. The standard InChI is InChI=1S/C10H20O3/c1-2-3-4-5-7-11-10-12-8-6-9-13-10/h10H,2-9H2,1H3. The molecule has 1 heterocycles. The number of ether oxygens (including phenoxy) is 3. The van der Waals surface area contributed by atoms with E-state index in [2.05, 4.69) is 6.92 Å². The Morgan fingerprint density at radius 1 is 1.15 bits per heavy atom. The van der Waals surface area contributed by atoms with Gasteiger partial charge in [-0.2, -0.15) is 0 Å². The molecule has 0 atom stereocenters. The molecule has 0 spiro atoms. The largest absolute Gasteiger partial charge is 0.330 e. The molecule has 0 N–H and O–H groups in total. The van der Waals surface area contributed by atoms with Crippen molar-refractivity contribution in [3.05, 3.63) is 0 Å². The lowest BCUT2D eigenvalue weighted by atomic mass is 10.2. The second kappa shape index (κ2) is 7.30. The summed E-state index contributed by atoms with van der Waals surface area (Å²) in [6.45, 7) is 4.09. The van der Waals surface area contributed by atoms with Gasteiger partial charge in [0.25, 0.3) is 6.48 Å². The number of hydrogen-bond acceptors (Lipinski definition) is 3. The Kier molecular flexibility index (Phi) is 6.15. The Balaban J connectivity index is 1.86. The maximum Gasteiger partial charge on any atom is 0.271 e. The van der Waals surface area contributed by atoms with Crippen molar-refractivity contribution in [3.63, 3.8) is 0 Å². The molecule has 0 amide bonds. The Labute approximate surface area is 80.4 Å². The molecular weight excluding hydrogens is 168 g/mol. The van der Waals surface area contributed by atoms with Crippen molar-refractivity contribution in [3.8, 4) is 0 Å². The molecule has 0 saturated carbocycles. The van der Waals surface area contributed by atoms with Crippen LogP contribution in [0.25, 0.3) is 0 Å². The first-order valence-corrected chi connectivity index (χ1v) is 5.28. The van der Waals surface area contributed by atoms with Gasteiger partial charge in [0.2, 0.25) is 0 Å². The minimum absolute atomic E-state index is 0.393. The molecule has 1 aliphatic rings. The summed E-state index contributed by atoms with van der Waals surface area (Å²) in [5.74, 6) is 0. The maximum atomic E-state index is 5.39. The zero-order valence-electron chi connectivity index (χ0n) is 8.46. The molecule has 13 heavy (non-hydrogen) atoms. The highest BCUT2D eigenvalue weighted by atomic mass is 16.8. The highest BCUT2D eigenvalue weighted by Crippen LogP contribution is 2.07. The predicted octanol–water partition coefficient (Wildman–Crippen LogP) is 2.30. The lowest BCUT2D eigenvalue weighted by Gasteiger charge is -2.22. The van der Waals surface area contributed by atoms with Gasteiger partial charge in [-0.05, 0) is 12.8 Å². The summed E-state index contributed by atoms with van der Waals surface area (Å²) < 4.78 is 15.9.